The fourth-order valence-electron chi connectivity index (χ4n) is 3.24. The molecule has 30 heavy (non-hydrogen) atoms. The molecule has 7 nitrogen and oxygen atoms in total. The summed E-state index contributed by atoms with van der Waals surface area (Å²) in [4.78, 5) is 12.6. The molecule has 0 atom stereocenters. The highest BCUT2D eigenvalue weighted by atomic mass is 35.5. The van der Waals surface area contributed by atoms with Gasteiger partial charge in [-0.25, -0.2) is 13.2 Å². The summed E-state index contributed by atoms with van der Waals surface area (Å²) in [7, 11) is -3.61. The van der Waals surface area contributed by atoms with Gasteiger partial charge in [-0.1, -0.05) is 23.7 Å². The van der Waals surface area contributed by atoms with Gasteiger partial charge in [0.2, 0.25) is 10.0 Å². The van der Waals surface area contributed by atoms with Gasteiger partial charge in [0.1, 0.15) is 19.0 Å². The number of sulfonamides is 1. The maximum absolute atomic E-state index is 12.8. The minimum absolute atomic E-state index is 0.0505. The first kappa shape index (κ1) is 20.9. The number of morpholine rings is 1. The van der Waals surface area contributed by atoms with Gasteiger partial charge < -0.3 is 14.2 Å². The van der Waals surface area contributed by atoms with Crippen molar-refractivity contribution in [2.75, 3.05) is 32.9 Å². The Labute approximate surface area is 179 Å². The summed E-state index contributed by atoms with van der Waals surface area (Å²) in [6.45, 7) is 1.44. The predicted octanol–water partition coefficient (Wildman–Crippen LogP) is 2.88. The highest BCUT2D eigenvalue weighted by Crippen LogP contribution is 2.29. The Morgan fingerprint density at radius 2 is 1.93 bits per heavy atom. The average molecular weight is 450 g/mol. The third-order valence-electron chi connectivity index (χ3n) is 4.82. The van der Waals surface area contributed by atoms with Gasteiger partial charge >= 0.3 is 5.97 Å². The minimum Gasteiger partial charge on any atom is -0.488 e. The van der Waals surface area contributed by atoms with E-state index in [1.165, 1.54) is 16.4 Å². The lowest BCUT2D eigenvalue weighted by molar-refractivity contribution is -0.140. The molecule has 0 spiro atoms. The zero-order valence-corrected chi connectivity index (χ0v) is 17.6. The molecule has 0 amide bonds. The molecule has 2 aliphatic rings. The van der Waals surface area contributed by atoms with Crippen molar-refractivity contribution >= 4 is 33.7 Å². The second-order valence-corrected chi connectivity index (χ2v) is 9.25. The van der Waals surface area contributed by atoms with Crippen LogP contribution in [0.2, 0.25) is 5.02 Å². The molecule has 0 saturated carbocycles. The van der Waals surface area contributed by atoms with Crippen LogP contribution in [-0.2, 0) is 30.9 Å². The maximum atomic E-state index is 12.8. The summed E-state index contributed by atoms with van der Waals surface area (Å²) in [5.41, 5.74) is 1.65. The van der Waals surface area contributed by atoms with Gasteiger partial charge in [0.25, 0.3) is 0 Å². The molecule has 0 unspecified atom stereocenters. The molecule has 0 aromatic heterocycles. The van der Waals surface area contributed by atoms with Gasteiger partial charge in [0.15, 0.2) is 0 Å². The molecule has 0 radical (unpaired) electrons. The molecule has 4 rings (SSSR count). The number of hydrogen-bond donors (Lipinski definition) is 0. The van der Waals surface area contributed by atoms with E-state index in [9.17, 15) is 13.2 Å². The number of ether oxygens (including phenoxy) is 3. The molecule has 2 aliphatic heterocycles. The van der Waals surface area contributed by atoms with Crippen LogP contribution in [0.4, 0.5) is 0 Å². The standard InChI is InChI=1S/C21H20ClNO6S/c22-18-4-5-20-16(12-18)11-17(14-28-20)21(24)29-13-15-2-1-3-19(10-15)30(25,26)23-6-8-27-9-7-23/h1-5,10-12H,6-9,13-14H2. The molecule has 0 aliphatic carbocycles. The van der Waals surface area contributed by atoms with Gasteiger partial charge in [-0.15, -0.1) is 0 Å². The lowest BCUT2D eigenvalue weighted by Crippen LogP contribution is -2.40. The molecule has 9 heteroatoms. The molecule has 1 fully saturated rings. The summed E-state index contributed by atoms with van der Waals surface area (Å²) in [5, 5.41) is 0.543. The molecule has 2 heterocycles. The zero-order valence-electron chi connectivity index (χ0n) is 16.0. The van der Waals surface area contributed by atoms with Crippen molar-refractivity contribution in [2.45, 2.75) is 11.5 Å². The van der Waals surface area contributed by atoms with Crippen LogP contribution in [0.3, 0.4) is 0 Å². The maximum Gasteiger partial charge on any atom is 0.337 e. The third-order valence-corrected chi connectivity index (χ3v) is 6.95. The second kappa shape index (κ2) is 8.77. The van der Waals surface area contributed by atoms with Crippen LogP contribution in [0, 0.1) is 0 Å². The number of fused-ring (bicyclic) bond motifs is 1. The van der Waals surface area contributed by atoms with Gasteiger partial charge in [-0.05, 0) is 42.0 Å². The van der Waals surface area contributed by atoms with Crippen LogP contribution in [0.5, 0.6) is 5.75 Å². The summed E-state index contributed by atoms with van der Waals surface area (Å²) in [6, 6.07) is 11.6. The van der Waals surface area contributed by atoms with Crippen LogP contribution in [-0.4, -0.2) is 51.6 Å². The van der Waals surface area contributed by atoms with E-state index in [1.807, 2.05) is 0 Å². The number of nitrogens with zero attached hydrogens (tertiary/aromatic N) is 1. The molecule has 158 valence electrons. The van der Waals surface area contributed by atoms with Crippen molar-refractivity contribution < 1.29 is 27.4 Å². The van der Waals surface area contributed by atoms with Gasteiger partial charge in [-0.3, -0.25) is 0 Å². The van der Waals surface area contributed by atoms with Crippen molar-refractivity contribution in [1.29, 1.82) is 0 Å². The molecular formula is C21H20ClNO6S. The second-order valence-electron chi connectivity index (χ2n) is 6.88. The Bertz CT molecular complexity index is 1090. The summed E-state index contributed by atoms with van der Waals surface area (Å²) in [5.74, 6) is 0.124. The van der Waals surface area contributed by atoms with Gasteiger partial charge in [0.05, 0.1) is 23.7 Å². The average Bonchev–Trinajstić information content (AvgIpc) is 2.77. The number of carbonyl (C=O) groups is 1. The first-order chi connectivity index (χ1) is 14.4. The van der Waals surface area contributed by atoms with E-state index in [2.05, 4.69) is 0 Å². The fourth-order valence-corrected chi connectivity index (χ4v) is 4.90. The summed E-state index contributed by atoms with van der Waals surface area (Å²) < 4.78 is 43.2. The molecule has 0 bridgehead atoms. The Hall–Kier alpha value is -2.39. The molecule has 2 aromatic rings. The van der Waals surface area contributed by atoms with E-state index in [-0.39, 0.29) is 18.1 Å². The van der Waals surface area contributed by atoms with E-state index in [4.69, 9.17) is 25.8 Å². The molecule has 0 N–H and O–H groups in total. The lowest BCUT2D eigenvalue weighted by atomic mass is 10.1. The van der Waals surface area contributed by atoms with Crippen LogP contribution < -0.4 is 4.74 Å². The summed E-state index contributed by atoms with van der Waals surface area (Å²) in [6.07, 6.45) is 1.69. The fraction of sp³-hybridized carbons (Fsp3) is 0.286. The van der Waals surface area contributed by atoms with E-state index in [1.54, 1.807) is 36.4 Å². The smallest absolute Gasteiger partial charge is 0.337 e. The summed E-state index contributed by atoms with van der Waals surface area (Å²) >= 11 is 5.99. The SMILES string of the molecule is O=C(OCc1cccc(S(=O)(=O)N2CCOCC2)c1)C1=Cc2cc(Cl)ccc2OC1. The first-order valence-corrected chi connectivity index (χ1v) is 11.2. The number of esters is 1. The Balaban J connectivity index is 1.44. The number of benzene rings is 2. The van der Waals surface area contributed by atoms with Crippen molar-refractivity contribution in [2.24, 2.45) is 0 Å². The Morgan fingerprint density at radius 3 is 2.73 bits per heavy atom. The lowest BCUT2D eigenvalue weighted by Gasteiger charge is -2.26. The molecular weight excluding hydrogens is 430 g/mol. The van der Waals surface area contributed by atoms with Crippen molar-refractivity contribution in [1.82, 2.24) is 4.31 Å². The molecule has 1 saturated heterocycles. The number of rotatable bonds is 5. The monoisotopic (exact) mass is 449 g/mol. The quantitative estimate of drug-likeness (QED) is 0.653. The largest absolute Gasteiger partial charge is 0.488 e. The zero-order chi connectivity index (χ0) is 21.1. The molecule has 2 aromatic carbocycles. The first-order valence-electron chi connectivity index (χ1n) is 9.40. The van der Waals surface area contributed by atoms with E-state index in [0.717, 1.165) is 0 Å². The normalized spacial score (nSPS) is 16.9. The van der Waals surface area contributed by atoms with Gasteiger partial charge in [-0.2, -0.15) is 4.31 Å². The van der Waals surface area contributed by atoms with Crippen molar-refractivity contribution in [3.63, 3.8) is 0 Å². The van der Waals surface area contributed by atoms with Crippen LogP contribution in [0.25, 0.3) is 6.08 Å². The van der Waals surface area contributed by atoms with Crippen LogP contribution >= 0.6 is 11.6 Å². The number of halogens is 1. The third kappa shape index (κ3) is 4.52. The van der Waals surface area contributed by atoms with Crippen molar-refractivity contribution in [3.8, 4) is 5.75 Å². The van der Waals surface area contributed by atoms with E-state index < -0.39 is 16.0 Å². The van der Waals surface area contributed by atoms with Crippen molar-refractivity contribution in [3.05, 3.63) is 64.2 Å². The van der Waals surface area contributed by atoms with Crippen LogP contribution in [0.1, 0.15) is 11.1 Å². The Morgan fingerprint density at radius 1 is 1.13 bits per heavy atom. The van der Waals surface area contributed by atoms with Gasteiger partial charge in [0, 0.05) is 23.7 Å². The van der Waals surface area contributed by atoms with Crippen LogP contribution in [0.15, 0.2) is 52.9 Å². The minimum atomic E-state index is -3.61. The van der Waals surface area contributed by atoms with E-state index in [0.29, 0.717) is 53.8 Å². The highest BCUT2D eigenvalue weighted by Gasteiger charge is 2.26. The predicted molar refractivity (Wildman–Crippen MR) is 111 cm³/mol. The van der Waals surface area contributed by atoms with E-state index >= 15 is 0 Å². The number of hydrogen-bond acceptors (Lipinski definition) is 6. The highest BCUT2D eigenvalue weighted by molar-refractivity contribution is 7.89. The Kier molecular flexibility index (Phi) is 6.10. The number of carbonyl (C=O) groups excluding carboxylic acids is 1. The topological polar surface area (TPSA) is 82.1 Å².